The Bertz CT molecular complexity index is 420. The van der Waals surface area contributed by atoms with Crippen molar-refractivity contribution in [2.75, 3.05) is 0 Å². The summed E-state index contributed by atoms with van der Waals surface area (Å²) in [5.74, 6) is 0. The molecule has 0 unspecified atom stereocenters. The molecule has 1 fully saturated rings. The third-order valence-electron chi connectivity index (χ3n) is 3.32. The summed E-state index contributed by atoms with van der Waals surface area (Å²) in [6, 6.07) is 5.37. The molecule has 0 spiro atoms. The van der Waals surface area contributed by atoms with Crippen LogP contribution in [0.1, 0.15) is 38.4 Å². The zero-order valence-corrected chi connectivity index (χ0v) is 11.5. The molecule has 1 aromatic carbocycles. The Balaban J connectivity index is 2.15. The summed E-state index contributed by atoms with van der Waals surface area (Å²) in [5.41, 5.74) is 0.914. The number of aliphatic hydroxyl groups excluding tert-OH is 1. The van der Waals surface area contributed by atoms with E-state index in [4.69, 9.17) is 23.2 Å². The Kier molecular flexibility index (Phi) is 3.69. The van der Waals surface area contributed by atoms with Crippen molar-refractivity contribution in [1.82, 2.24) is 5.32 Å². The van der Waals surface area contributed by atoms with Gasteiger partial charge in [0.15, 0.2) is 0 Å². The van der Waals surface area contributed by atoms with Gasteiger partial charge in [0.25, 0.3) is 0 Å². The SMILES string of the molecule is CC1(C)CC[C@@H]([C@H](O)c2ccc(Cl)c(Cl)c2)N1. The molecule has 2 atom stereocenters. The van der Waals surface area contributed by atoms with E-state index in [1.54, 1.807) is 12.1 Å². The van der Waals surface area contributed by atoms with Crippen LogP contribution in [0.3, 0.4) is 0 Å². The topological polar surface area (TPSA) is 32.3 Å². The monoisotopic (exact) mass is 273 g/mol. The Morgan fingerprint density at radius 3 is 2.59 bits per heavy atom. The van der Waals surface area contributed by atoms with Gasteiger partial charge in [-0.3, -0.25) is 0 Å². The lowest BCUT2D eigenvalue weighted by molar-refractivity contribution is 0.131. The molecule has 1 aromatic rings. The molecule has 94 valence electrons. The maximum Gasteiger partial charge on any atom is 0.0943 e. The molecule has 0 bridgehead atoms. The molecule has 0 saturated carbocycles. The fourth-order valence-corrected chi connectivity index (χ4v) is 2.63. The van der Waals surface area contributed by atoms with Gasteiger partial charge in [0.2, 0.25) is 0 Å². The smallest absolute Gasteiger partial charge is 0.0943 e. The second kappa shape index (κ2) is 4.77. The van der Waals surface area contributed by atoms with Crippen LogP contribution in [-0.2, 0) is 0 Å². The van der Waals surface area contributed by atoms with Gasteiger partial charge in [-0.25, -0.2) is 0 Å². The summed E-state index contributed by atoms with van der Waals surface area (Å²) in [5, 5.41) is 14.7. The molecule has 0 amide bonds. The van der Waals surface area contributed by atoms with Crippen LogP contribution >= 0.6 is 23.2 Å². The molecule has 1 heterocycles. The van der Waals surface area contributed by atoms with Crippen LogP contribution in [0.5, 0.6) is 0 Å². The summed E-state index contributed by atoms with van der Waals surface area (Å²) in [6.07, 6.45) is 1.50. The fourth-order valence-electron chi connectivity index (χ4n) is 2.33. The zero-order valence-electron chi connectivity index (χ0n) is 10.0. The highest BCUT2D eigenvalue weighted by molar-refractivity contribution is 6.42. The van der Waals surface area contributed by atoms with E-state index in [9.17, 15) is 5.11 Å². The van der Waals surface area contributed by atoms with E-state index in [1.165, 1.54) is 0 Å². The van der Waals surface area contributed by atoms with Crippen LogP contribution in [-0.4, -0.2) is 16.7 Å². The lowest BCUT2D eigenvalue weighted by Crippen LogP contribution is -2.40. The van der Waals surface area contributed by atoms with E-state index >= 15 is 0 Å². The maximum atomic E-state index is 10.3. The van der Waals surface area contributed by atoms with Crippen LogP contribution in [0.15, 0.2) is 18.2 Å². The average molecular weight is 274 g/mol. The highest BCUT2D eigenvalue weighted by Crippen LogP contribution is 2.32. The third-order valence-corrected chi connectivity index (χ3v) is 4.06. The Labute approximate surface area is 112 Å². The lowest BCUT2D eigenvalue weighted by atomic mass is 10.0. The molecule has 1 aliphatic heterocycles. The van der Waals surface area contributed by atoms with E-state index in [1.807, 2.05) is 6.07 Å². The summed E-state index contributed by atoms with van der Waals surface area (Å²) in [6.45, 7) is 4.29. The third kappa shape index (κ3) is 2.94. The van der Waals surface area contributed by atoms with Crippen molar-refractivity contribution >= 4 is 23.2 Å². The second-order valence-corrected chi connectivity index (χ2v) is 6.11. The first-order valence-electron chi connectivity index (χ1n) is 5.80. The summed E-state index contributed by atoms with van der Waals surface area (Å²) >= 11 is 11.8. The van der Waals surface area contributed by atoms with Crippen molar-refractivity contribution in [3.63, 3.8) is 0 Å². The Morgan fingerprint density at radius 1 is 1.35 bits per heavy atom. The van der Waals surface area contributed by atoms with Gasteiger partial charge in [0.1, 0.15) is 0 Å². The molecule has 2 N–H and O–H groups in total. The normalized spacial score (nSPS) is 24.9. The van der Waals surface area contributed by atoms with Crippen LogP contribution < -0.4 is 5.32 Å². The minimum atomic E-state index is -0.536. The van der Waals surface area contributed by atoms with Crippen molar-refractivity contribution in [3.8, 4) is 0 Å². The highest BCUT2D eigenvalue weighted by atomic mass is 35.5. The van der Waals surface area contributed by atoms with Crippen molar-refractivity contribution in [3.05, 3.63) is 33.8 Å². The molecular weight excluding hydrogens is 257 g/mol. The van der Waals surface area contributed by atoms with Gasteiger partial charge in [-0.15, -0.1) is 0 Å². The molecule has 1 saturated heterocycles. The van der Waals surface area contributed by atoms with Crippen molar-refractivity contribution in [1.29, 1.82) is 0 Å². The van der Waals surface area contributed by atoms with E-state index < -0.39 is 6.10 Å². The number of benzene rings is 1. The average Bonchev–Trinajstić information content (AvgIpc) is 2.62. The van der Waals surface area contributed by atoms with E-state index in [0.29, 0.717) is 10.0 Å². The second-order valence-electron chi connectivity index (χ2n) is 5.29. The van der Waals surface area contributed by atoms with Crippen molar-refractivity contribution in [2.45, 2.75) is 44.4 Å². The van der Waals surface area contributed by atoms with Gasteiger partial charge in [-0.2, -0.15) is 0 Å². The fraction of sp³-hybridized carbons (Fsp3) is 0.538. The molecule has 2 rings (SSSR count). The predicted molar refractivity (Wildman–Crippen MR) is 71.7 cm³/mol. The van der Waals surface area contributed by atoms with Crippen LogP contribution in [0.2, 0.25) is 10.0 Å². The molecule has 2 nitrogen and oxygen atoms in total. The molecule has 1 aliphatic rings. The first-order chi connectivity index (χ1) is 7.89. The minimum Gasteiger partial charge on any atom is -0.387 e. The highest BCUT2D eigenvalue weighted by Gasteiger charge is 2.34. The molecular formula is C13H17Cl2NO. The summed E-state index contributed by atoms with van der Waals surface area (Å²) < 4.78 is 0. The number of aliphatic hydroxyl groups is 1. The summed E-state index contributed by atoms with van der Waals surface area (Å²) in [4.78, 5) is 0. The number of rotatable bonds is 2. The van der Waals surface area contributed by atoms with Crippen LogP contribution in [0.25, 0.3) is 0 Å². The number of nitrogens with one attached hydrogen (secondary N) is 1. The van der Waals surface area contributed by atoms with E-state index in [-0.39, 0.29) is 11.6 Å². The Morgan fingerprint density at radius 2 is 2.06 bits per heavy atom. The quantitative estimate of drug-likeness (QED) is 0.864. The molecule has 0 aromatic heterocycles. The molecule has 17 heavy (non-hydrogen) atoms. The first-order valence-corrected chi connectivity index (χ1v) is 6.55. The number of hydrogen-bond acceptors (Lipinski definition) is 2. The first kappa shape index (κ1) is 13.2. The van der Waals surface area contributed by atoms with Gasteiger partial charge in [0, 0.05) is 11.6 Å². The molecule has 0 radical (unpaired) electrons. The standard InChI is InChI=1S/C13H17Cl2NO/c1-13(2)6-5-11(16-13)12(17)8-3-4-9(14)10(15)7-8/h3-4,7,11-12,16-17H,5-6H2,1-2H3/t11-,12+/m0/s1. The van der Waals surface area contributed by atoms with E-state index in [0.717, 1.165) is 18.4 Å². The number of halogens is 2. The van der Waals surface area contributed by atoms with Gasteiger partial charge in [0.05, 0.1) is 16.1 Å². The van der Waals surface area contributed by atoms with Crippen molar-refractivity contribution in [2.24, 2.45) is 0 Å². The van der Waals surface area contributed by atoms with Crippen LogP contribution in [0.4, 0.5) is 0 Å². The van der Waals surface area contributed by atoms with Gasteiger partial charge in [-0.05, 0) is 44.4 Å². The van der Waals surface area contributed by atoms with Gasteiger partial charge in [-0.1, -0.05) is 29.3 Å². The minimum absolute atomic E-state index is 0.0854. The molecule has 4 heteroatoms. The largest absolute Gasteiger partial charge is 0.387 e. The van der Waals surface area contributed by atoms with Crippen molar-refractivity contribution < 1.29 is 5.11 Å². The number of hydrogen-bond donors (Lipinski definition) is 2. The van der Waals surface area contributed by atoms with Crippen LogP contribution in [0, 0.1) is 0 Å². The lowest BCUT2D eigenvalue weighted by Gasteiger charge is -2.24. The Hall–Kier alpha value is -0.280. The van der Waals surface area contributed by atoms with Gasteiger partial charge >= 0.3 is 0 Å². The summed E-state index contributed by atoms with van der Waals surface area (Å²) in [7, 11) is 0. The maximum absolute atomic E-state index is 10.3. The zero-order chi connectivity index (χ0) is 12.6. The van der Waals surface area contributed by atoms with E-state index in [2.05, 4.69) is 19.2 Å². The van der Waals surface area contributed by atoms with Gasteiger partial charge < -0.3 is 10.4 Å². The predicted octanol–water partition coefficient (Wildman–Crippen LogP) is 3.56. The molecule has 0 aliphatic carbocycles.